The molecule has 106 valence electrons. The van der Waals surface area contributed by atoms with Crippen LogP contribution in [0.25, 0.3) is 10.2 Å². The number of thiazole rings is 1. The van der Waals surface area contributed by atoms with E-state index in [4.69, 9.17) is 0 Å². The number of aryl methyl sites for hydroxylation is 2. The van der Waals surface area contributed by atoms with Gasteiger partial charge in [0.15, 0.2) is 0 Å². The summed E-state index contributed by atoms with van der Waals surface area (Å²) in [4.78, 5) is 20.4. The first-order valence-electron chi connectivity index (χ1n) is 6.77. The number of pyridine rings is 1. The smallest absolute Gasteiger partial charge is 0.224 e. The summed E-state index contributed by atoms with van der Waals surface area (Å²) in [6.07, 6.45) is 4.67. The van der Waals surface area contributed by atoms with E-state index in [0.717, 1.165) is 26.5 Å². The van der Waals surface area contributed by atoms with Crippen LogP contribution in [-0.2, 0) is 11.2 Å². The standard InChI is InChI=1S/C16H15N3OS/c1-11-18-14-6-5-13(9-15(14)21-11)19-16(20)7-4-12-3-2-8-17-10-12/h2-3,5-6,8-10H,4,7H2,1H3,(H,19,20). The highest BCUT2D eigenvalue weighted by Crippen LogP contribution is 2.24. The van der Waals surface area contributed by atoms with Crippen molar-refractivity contribution in [3.8, 4) is 0 Å². The lowest BCUT2D eigenvalue weighted by molar-refractivity contribution is -0.116. The fourth-order valence-electron chi connectivity index (χ4n) is 2.14. The number of anilines is 1. The molecule has 2 aromatic heterocycles. The summed E-state index contributed by atoms with van der Waals surface area (Å²) in [5.41, 5.74) is 2.87. The van der Waals surface area contributed by atoms with Gasteiger partial charge in [-0.1, -0.05) is 6.07 Å². The molecule has 1 N–H and O–H groups in total. The number of nitrogens with one attached hydrogen (secondary N) is 1. The van der Waals surface area contributed by atoms with Crippen molar-refractivity contribution in [1.82, 2.24) is 9.97 Å². The Kier molecular flexibility index (Phi) is 3.92. The zero-order valence-corrected chi connectivity index (χ0v) is 12.5. The Hall–Kier alpha value is -2.27. The van der Waals surface area contributed by atoms with Gasteiger partial charge in [0.1, 0.15) is 0 Å². The van der Waals surface area contributed by atoms with E-state index >= 15 is 0 Å². The third-order valence-corrected chi connectivity index (χ3v) is 4.08. The molecule has 0 atom stereocenters. The van der Waals surface area contributed by atoms with Gasteiger partial charge in [-0.05, 0) is 43.2 Å². The molecule has 0 saturated heterocycles. The van der Waals surface area contributed by atoms with Crippen molar-refractivity contribution in [2.24, 2.45) is 0 Å². The molecule has 0 saturated carbocycles. The third kappa shape index (κ3) is 3.44. The molecule has 5 heteroatoms. The molecule has 0 aliphatic carbocycles. The van der Waals surface area contributed by atoms with Crippen molar-refractivity contribution < 1.29 is 4.79 Å². The molecular weight excluding hydrogens is 282 g/mol. The van der Waals surface area contributed by atoms with Crippen molar-refractivity contribution in [3.63, 3.8) is 0 Å². The number of carbonyl (C=O) groups excluding carboxylic acids is 1. The largest absolute Gasteiger partial charge is 0.326 e. The molecule has 0 spiro atoms. The van der Waals surface area contributed by atoms with Crippen molar-refractivity contribution in [2.45, 2.75) is 19.8 Å². The van der Waals surface area contributed by atoms with Crippen LogP contribution in [-0.4, -0.2) is 15.9 Å². The number of benzene rings is 1. The summed E-state index contributed by atoms with van der Waals surface area (Å²) in [7, 11) is 0. The maximum atomic E-state index is 12.0. The van der Waals surface area contributed by atoms with E-state index < -0.39 is 0 Å². The summed E-state index contributed by atoms with van der Waals surface area (Å²) >= 11 is 1.63. The minimum Gasteiger partial charge on any atom is -0.326 e. The molecule has 3 rings (SSSR count). The number of carbonyl (C=O) groups is 1. The molecule has 1 aromatic carbocycles. The van der Waals surface area contributed by atoms with Gasteiger partial charge in [0.25, 0.3) is 0 Å². The first kappa shape index (κ1) is 13.7. The molecule has 0 aliphatic rings. The highest BCUT2D eigenvalue weighted by atomic mass is 32.1. The van der Waals surface area contributed by atoms with Crippen LogP contribution in [0.1, 0.15) is 17.0 Å². The van der Waals surface area contributed by atoms with Crippen LogP contribution >= 0.6 is 11.3 Å². The van der Waals surface area contributed by atoms with Crippen molar-refractivity contribution in [2.75, 3.05) is 5.32 Å². The van der Waals surface area contributed by atoms with Crippen LogP contribution in [0.2, 0.25) is 0 Å². The van der Waals surface area contributed by atoms with Gasteiger partial charge in [0.05, 0.1) is 15.2 Å². The van der Waals surface area contributed by atoms with Crippen molar-refractivity contribution in [1.29, 1.82) is 0 Å². The van der Waals surface area contributed by atoms with Crippen LogP contribution < -0.4 is 5.32 Å². The van der Waals surface area contributed by atoms with E-state index in [9.17, 15) is 4.79 Å². The zero-order valence-electron chi connectivity index (χ0n) is 11.7. The summed E-state index contributed by atoms with van der Waals surface area (Å²) in [5.74, 6) is 0.0134. The lowest BCUT2D eigenvalue weighted by Gasteiger charge is -2.05. The van der Waals surface area contributed by atoms with Crippen LogP contribution in [0.4, 0.5) is 5.69 Å². The van der Waals surface area contributed by atoms with Gasteiger partial charge in [-0.2, -0.15) is 0 Å². The zero-order chi connectivity index (χ0) is 14.7. The maximum Gasteiger partial charge on any atom is 0.224 e. The van der Waals surface area contributed by atoms with Gasteiger partial charge in [-0.3, -0.25) is 9.78 Å². The van der Waals surface area contributed by atoms with E-state index in [1.807, 2.05) is 37.3 Å². The Bertz CT molecular complexity index is 768. The number of hydrogen-bond acceptors (Lipinski definition) is 4. The monoisotopic (exact) mass is 297 g/mol. The number of nitrogens with zero attached hydrogens (tertiary/aromatic N) is 2. The number of aromatic nitrogens is 2. The molecular formula is C16H15N3OS. The molecule has 2 heterocycles. The molecule has 0 bridgehead atoms. The van der Waals surface area contributed by atoms with Crippen LogP contribution in [0.15, 0.2) is 42.7 Å². The molecule has 3 aromatic rings. The second-order valence-electron chi connectivity index (χ2n) is 4.82. The highest BCUT2D eigenvalue weighted by Gasteiger charge is 2.06. The van der Waals surface area contributed by atoms with Gasteiger partial charge < -0.3 is 5.32 Å². The van der Waals surface area contributed by atoms with Crippen molar-refractivity contribution >= 4 is 33.1 Å². The van der Waals surface area contributed by atoms with Gasteiger partial charge >= 0.3 is 0 Å². The lowest BCUT2D eigenvalue weighted by atomic mass is 10.1. The fourth-order valence-corrected chi connectivity index (χ4v) is 3.01. The SMILES string of the molecule is Cc1nc2ccc(NC(=O)CCc3cccnc3)cc2s1. The maximum absolute atomic E-state index is 12.0. The predicted molar refractivity (Wildman–Crippen MR) is 85.5 cm³/mol. The first-order chi connectivity index (χ1) is 10.2. The Morgan fingerprint density at radius 2 is 2.24 bits per heavy atom. The van der Waals surface area contributed by atoms with E-state index in [0.29, 0.717) is 12.8 Å². The normalized spacial score (nSPS) is 10.7. The Morgan fingerprint density at radius 3 is 3.05 bits per heavy atom. The molecule has 1 amide bonds. The summed E-state index contributed by atoms with van der Waals surface area (Å²) in [5, 5.41) is 3.97. The van der Waals surface area contributed by atoms with E-state index in [-0.39, 0.29) is 5.91 Å². The van der Waals surface area contributed by atoms with Gasteiger partial charge in [0, 0.05) is 24.5 Å². The summed E-state index contributed by atoms with van der Waals surface area (Å²) in [6.45, 7) is 1.98. The highest BCUT2D eigenvalue weighted by molar-refractivity contribution is 7.18. The predicted octanol–water partition coefficient (Wildman–Crippen LogP) is 3.57. The number of fused-ring (bicyclic) bond motifs is 1. The topological polar surface area (TPSA) is 54.9 Å². The number of amides is 1. The minimum absolute atomic E-state index is 0.0134. The first-order valence-corrected chi connectivity index (χ1v) is 7.58. The quantitative estimate of drug-likeness (QED) is 0.801. The Balaban J connectivity index is 1.63. The fraction of sp³-hybridized carbons (Fsp3) is 0.188. The molecule has 0 aliphatic heterocycles. The molecule has 4 nitrogen and oxygen atoms in total. The number of rotatable bonds is 4. The lowest BCUT2D eigenvalue weighted by Crippen LogP contribution is -2.12. The van der Waals surface area contributed by atoms with Gasteiger partial charge in [0.2, 0.25) is 5.91 Å². The minimum atomic E-state index is 0.0134. The molecule has 0 unspecified atom stereocenters. The second kappa shape index (κ2) is 6.01. The van der Waals surface area contributed by atoms with Crippen LogP contribution in [0.3, 0.4) is 0 Å². The Labute approximate surface area is 126 Å². The van der Waals surface area contributed by atoms with Crippen LogP contribution in [0.5, 0.6) is 0 Å². The van der Waals surface area contributed by atoms with E-state index in [1.54, 1.807) is 23.7 Å². The van der Waals surface area contributed by atoms with Crippen LogP contribution in [0, 0.1) is 6.92 Å². The number of hydrogen-bond donors (Lipinski definition) is 1. The Morgan fingerprint density at radius 1 is 1.33 bits per heavy atom. The molecule has 0 fully saturated rings. The molecule has 21 heavy (non-hydrogen) atoms. The molecule has 0 radical (unpaired) electrons. The van der Waals surface area contributed by atoms with E-state index in [1.165, 1.54) is 0 Å². The average molecular weight is 297 g/mol. The summed E-state index contributed by atoms with van der Waals surface area (Å²) < 4.78 is 1.09. The second-order valence-corrected chi connectivity index (χ2v) is 6.06. The van der Waals surface area contributed by atoms with E-state index in [2.05, 4.69) is 15.3 Å². The van der Waals surface area contributed by atoms with Gasteiger partial charge in [-0.15, -0.1) is 11.3 Å². The van der Waals surface area contributed by atoms with Crippen molar-refractivity contribution in [3.05, 3.63) is 53.3 Å². The third-order valence-electron chi connectivity index (χ3n) is 3.14. The van der Waals surface area contributed by atoms with Gasteiger partial charge in [-0.25, -0.2) is 4.98 Å². The average Bonchev–Trinajstić information content (AvgIpc) is 2.85. The summed E-state index contributed by atoms with van der Waals surface area (Å²) in [6, 6.07) is 9.67.